The van der Waals surface area contributed by atoms with E-state index in [1.54, 1.807) is 43.1 Å². The summed E-state index contributed by atoms with van der Waals surface area (Å²) in [5.41, 5.74) is 1.94. The van der Waals surface area contributed by atoms with Gasteiger partial charge < -0.3 is 19.7 Å². The van der Waals surface area contributed by atoms with Gasteiger partial charge in [-0.3, -0.25) is 9.78 Å². The highest BCUT2D eigenvalue weighted by atomic mass is 32.1. The molecule has 1 amide bonds. The zero-order chi connectivity index (χ0) is 22.6. The number of nitrogens with zero attached hydrogens (tertiary/aromatic N) is 5. The first-order chi connectivity index (χ1) is 16.2. The van der Waals surface area contributed by atoms with Gasteiger partial charge in [0.1, 0.15) is 5.69 Å². The molecule has 4 heterocycles. The molecule has 0 saturated carbocycles. The third-order valence-electron chi connectivity index (χ3n) is 5.61. The molecule has 4 aromatic rings. The number of aromatic nitrogens is 3. The second kappa shape index (κ2) is 9.66. The predicted molar refractivity (Wildman–Crippen MR) is 133 cm³/mol. The van der Waals surface area contributed by atoms with Crippen LogP contribution in [0.1, 0.15) is 10.5 Å². The molecule has 1 aliphatic heterocycles. The maximum absolute atomic E-state index is 13.1. The van der Waals surface area contributed by atoms with E-state index in [1.807, 2.05) is 18.2 Å². The van der Waals surface area contributed by atoms with E-state index in [4.69, 9.17) is 4.65 Å². The Bertz CT molecular complexity index is 1240. The number of fused-ring (bicyclic) bond motifs is 1. The second-order valence-electron chi connectivity index (χ2n) is 7.78. The highest BCUT2D eigenvalue weighted by Gasteiger charge is 2.21. The summed E-state index contributed by atoms with van der Waals surface area (Å²) < 4.78 is 6.40. The Morgan fingerprint density at radius 2 is 1.97 bits per heavy atom. The summed E-state index contributed by atoms with van der Waals surface area (Å²) in [5, 5.41) is 4.14. The molecule has 3 aromatic heterocycles. The number of thiophene rings is 1. The van der Waals surface area contributed by atoms with Crippen molar-refractivity contribution in [3.05, 3.63) is 66.7 Å². The predicted octanol–water partition coefficient (Wildman–Crippen LogP) is 3.04. The molecule has 0 spiro atoms. The average Bonchev–Trinajstić information content (AvgIpc) is 3.30. The molecule has 0 aliphatic carbocycles. The van der Waals surface area contributed by atoms with Crippen molar-refractivity contribution < 1.29 is 9.45 Å². The van der Waals surface area contributed by atoms with Gasteiger partial charge in [0.15, 0.2) is 5.82 Å². The normalized spacial score (nSPS) is 14.4. The number of benzene rings is 1. The summed E-state index contributed by atoms with van der Waals surface area (Å²) in [7, 11) is 2.34. The molecule has 8 nitrogen and oxygen atoms in total. The minimum atomic E-state index is -0.285. The zero-order valence-electron chi connectivity index (χ0n) is 18.3. The Morgan fingerprint density at radius 1 is 1.12 bits per heavy atom. The third kappa shape index (κ3) is 4.73. The van der Waals surface area contributed by atoms with Gasteiger partial charge >= 0.3 is 7.62 Å². The fraction of sp³-hybridized carbons (Fsp3) is 0.217. The smallest absolute Gasteiger partial charge is 0.363 e. The number of hydrogen-bond acceptors (Lipinski definition) is 8. The molecule has 1 aromatic carbocycles. The minimum absolute atomic E-state index is 0.285. The van der Waals surface area contributed by atoms with Gasteiger partial charge in [0.2, 0.25) is 0 Å². The van der Waals surface area contributed by atoms with E-state index in [9.17, 15) is 4.79 Å². The number of rotatable bonds is 6. The van der Waals surface area contributed by atoms with E-state index >= 15 is 0 Å². The van der Waals surface area contributed by atoms with Crippen LogP contribution < -0.4 is 10.2 Å². The van der Waals surface area contributed by atoms with Crippen LogP contribution in [-0.2, 0) is 4.65 Å². The summed E-state index contributed by atoms with van der Waals surface area (Å²) >= 11 is 1.61. The van der Waals surface area contributed by atoms with Crippen molar-refractivity contribution in [3.63, 3.8) is 0 Å². The van der Waals surface area contributed by atoms with Gasteiger partial charge in [0.05, 0.1) is 22.4 Å². The lowest BCUT2D eigenvalue weighted by atomic mass is 10.1. The van der Waals surface area contributed by atoms with E-state index in [0.717, 1.165) is 46.8 Å². The SMILES string of the molecule is COBN1CCN(c2ccncc2NC(=O)c2ccnc(-c3cc4ccccc4s3)n2)CC1. The van der Waals surface area contributed by atoms with Crippen LogP contribution >= 0.6 is 11.3 Å². The zero-order valence-corrected chi connectivity index (χ0v) is 19.1. The first kappa shape index (κ1) is 21.5. The fourth-order valence-corrected chi connectivity index (χ4v) is 4.95. The molecule has 0 atom stereocenters. The number of carbonyl (C=O) groups is 1. The quantitative estimate of drug-likeness (QED) is 0.445. The monoisotopic (exact) mass is 458 g/mol. The fourth-order valence-electron chi connectivity index (χ4n) is 3.94. The van der Waals surface area contributed by atoms with E-state index in [-0.39, 0.29) is 5.91 Å². The van der Waals surface area contributed by atoms with E-state index < -0.39 is 0 Å². The second-order valence-corrected chi connectivity index (χ2v) is 8.87. The Labute approximate surface area is 196 Å². The number of piperazine rings is 1. The van der Waals surface area contributed by atoms with Crippen molar-refractivity contribution in [2.24, 2.45) is 0 Å². The summed E-state index contributed by atoms with van der Waals surface area (Å²) in [6.07, 6.45) is 5.06. The van der Waals surface area contributed by atoms with Gasteiger partial charge in [-0.05, 0) is 29.7 Å². The van der Waals surface area contributed by atoms with E-state index in [1.165, 1.54) is 0 Å². The van der Waals surface area contributed by atoms with Crippen molar-refractivity contribution in [3.8, 4) is 10.7 Å². The lowest BCUT2D eigenvalue weighted by molar-refractivity contribution is 0.102. The van der Waals surface area contributed by atoms with Gasteiger partial charge in [-0.2, -0.15) is 0 Å². The Kier molecular flexibility index (Phi) is 6.29. The summed E-state index contributed by atoms with van der Waals surface area (Å²) in [4.78, 5) is 31.7. The van der Waals surface area contributed by atoms with Crippen molar-refractivity contribution in [2.45, 2.75) is 0 Å². The highest BCUT2D eigenvalue weighted by molar-refractivity contribution is 7.22. The van der Waals surface area contributed by atoms with Crippen molar-refractivity contribution in [1.29, 1.82) is 0 Å². The van der Waals surface area contributed by atoms with Crippen LogP contribution in [0.4, 0.5) is 11.4 Å². The van der Waals surface area contributed by atoms with Crippen molar-refractivity contribution >= 4 is 46.3 Å². The average molecular weight is 458 g/mol. The van der Waals surface area contributed by atoms with Crippen LogP contribution in [0.3, 0.4) is 0 Å². The van der Waals surface area contributed by atoms with Crippen LogP contribution in [0, 0.1) is 0 Å². The molecule has 0 unspecified atom stereocenters. The molecule has 10 heteroatoms. The molecular formula is C23H23BN6O2S. The minimum Gasteiger partial charge on any atom is -0.427 e. The van der Waals surface area contributed by atoms with E-state index in [2.05, 4.69) is 48.2 Å². The van der Waals surface area contributed by atoms with Gasteiger partial charge in [0.25, 0.3) is 5.91 Å². The number of pyridine rings is 1. The topological polar surface area (TPSA) is 83.5 Å². The van der Waals surface area contributed by atoms with Crippen molar-refractivity contribution in [2.75, 3.05) is 43.5 Å². The molecule has 0 bridgehead atoms. The van der Waals surface area contributed by atoms with Gasteiger partial charge in [-0.25, -0.2) is 9.97 Å². The maximum atomic E-state index is 13.1. The molecule has 33 heavy (non-hydrogen) atoms. The Balaban J connectivity index is 1.34. The van der Waals surface area contributed by atoms with Crippen LogP contribution in [0.5, 0.6) is 0 Å². The molecule has 0 radical (unpaired) electrons. The lowest BCUT2D eigenvalue weighted by Crippen LogP contribution is -2.48. The standard InChI is InChI=1S/C23H23BN6O2S/c1-32-24-30-12-10-29(11-13-30)19-7-8-25-15-18(19)28-23(31)17-6-9-26-22(27-17)21-14-16-4-2-3-5-20(16)33-21/h2-9,14-15,24H,10-13H2,1H3,(H,28,31). The Hall–Kier alpha value is -3.34. The molecule has 1 aliphatic rings. The van der Waals surface area contributed by atoms with E-state index in [0.29, 0.717) is 24.8 Å². The molecule has 1 fully saturated rings. The van der Waals surface area contributed by atoms with Crippen LogP contribution in [0.25, 0.3) is 20.8 Å². The van der Waals surface area contributed by atoms with Crippen molar-refractivity contribution in [1.82, 2.24) is 19.8 Å². The number of anilines is 2. The third-order valence-corrected chi connectivity index (χ3v) is 6.72. The number of nitrogens with one attached hydrogen (secondary N) is 1. The van der Waals surface area contributed by atoms with Gasteiger partial charge in [-0.15, -0.1) is 11.3 Å². The lowest BCUT2D eigenvalue weighted by Gasteiger charge is -2.36. The Morgan fingerprint density at radius 3 is 2.79 bits per heavy atom. The first-order valence-electron chi connectivity index (χ1n) is 10.7. The molecular weight excluding hydrogens is 435 g/mol. The van der Waals surface area contributed by atoms with Crippen LogP contribution in [0.15, 0.2) is 61.1 Å². The first-order valence-corrected chi connectivity index (χ1v) is 11.6. The molecule has 5 rings (SSSR count). The number of carbonyl (C=O) groups excluding carboxylic acids is 1. The summed E-state index contributed by atoms with van der Waals surface area (Å²) in [5.74, 6) is 0.261. The molecule has 166 valence electrons. The molecule has 1 saturated heterocycles. The largest absolute Gasteiger partial charge is 0.427 e. The molecule has 1 N–H and O–H groups in total. The van der Waals surface area contributed by atoms with Gasteiger partial charge in [-0.1, -0.05) is 18.2 Å². The maximum Gasteiger partial charge on any atom is 0.363 e. The highest BCUT2D eigenvalue weighted by Crippen LogP contribution is 2.31. The summed E-state index contributed by atoms with van der Waals surface area (Å²) in [6, 6.07) is 13.8. The number of hydrogen-bond donors (Lipinski definition) is 1. The summed E-state index contributed by atoms with van der Waals surface area (Å²) in [6.45, 7) is 3.49. The van der Waals surface area contributed by atoms with Crippen LogP contribution in [0.2, 0.25) is 0 Å². The van der Waals surface area contributed by atoms with Crippen LogP contribution in [-0.4, -0.2) is 66.6 Å². The van der Waals surface area contributed by atoms with Gasteiger partial charge in [0, 0.05) is 50.4 Å². The number of amides is 1.